The standard InChI is InChI=1S/C18H19N5/c19-7-13-2-1-3-14(6-13)16-9-21-18(22-10-16)23-11-15-4-5-20-8-17(15)12-23/h1-3,6,9-10,15,17,20H,4-5,8,11-12H2/t15-,17+/m0/s1. The Hall–Kier alpha value is -2.45. The Morgan fingerprint density at radius 2 is 1.96 bits per heavy atom. The summed E-state index contributed by atoms with van der Waals surface area (Å²) in [7, 11) is 0. The summed E-state index contributed by atoms with van der Waals surface area (Å²) in [6.45, 7) is 4.35. The van der Waals surface area contributed by atoms with Gasteiger partial charge in [0.15, 0.2) is 0 Å². The second-order valence-electron chi connectivity index (χ2n) is 6.38. The lowest BCUT2D eigenvalue weighted by molar-refractivity contribution is 0.318. The molecule has 3 heterocycles. The lowest BCUT2D eigenvalue weighted by Crippen LogP contribution is -2.35. The van der Waals surface area contributed by atoms with E-state index < -0.39 is 0 Å². The van der Waals surface area contributed by atoms with E-state index in [1.165, 1.54) is 6.42 Å². The van der Waals surface area contributed by atoms with E-state index in [0.717, 1.165) is 55.1 Å². The summed E-state index contributed by atoms with van der Waals surface area (Å²) in [6, 6.07) is 9.71. The van der Waals surface area contributed by atoms with Crippen LogP contribution in [-0.4, -0.2) is 36.1 Å². The van der Waals surface area contributed by atoms with Crippen LogP contribution in [-0.2, 0) is 0 Å². The van der Waals surface area contributed by atoms with Crippen LogP contribution in [0.25, 0.3) is 11.1 Å². The van der Waals surface area contributed by atoms with Crippen molar-refractivity contribution in [2.24, 2.45) is 11.8 Å². The number of aromatic nitrogens is 2. The molecule has 116 valence electrons. The van der Waals surface area contributed by atoms with Gasteiger partial charge in [-0.1, -0.05) is 12.1 Å². The first kappa shape index (κ1) is 14.2. The van der Waals surface area contributed by atoms with Crippen molar-refractivity contribution in [2.45, 2.75) is 6.42 Å². The molecule has 2 aliphatic heterocycles. The average Bonchev–Trinajstić information content (AvgIpc) is 3.06. The Morgan fingerprint density at radius 3 is 2.74 bits per heavy atom. The van der Waals surface area contributed by atoms with E-state index in [9.17, 15) is 0 Å². The molecule has 0 radical (unpaired) electrons. The van der Waals surface area contributed by atoms with Crippen LogP contribution in [0.3, 0.4) is 0 Å². The normalized spacial score (nSPS) is 23.3. The Kier molecular flexibility index (Phi) is 3.68. The molecule has 5 heteroatoms. The molecule has 1 N–H and O–H groups in total. The third kappa shape index (κ3) is 2.78. The van der Waals surface area contributed by atoms with Crippen LogP contribution in [0.15, 0.2) is 36.7 Å². The van der Waals surface area contributed by atoms with Crippen LogP contribution in [0, 0.1) is 23.2 Å². The summed E-state index contributed by atoms with van der Waals surface area (Å²) in [5.74, 6) is 2.31. The molecule has 0 spiro atoms. The first-order chi connectivity index (χ1) is 11.3. The second kappa shape index (κ2) is 5.98. The largest absolute Gasteiger partial charge is 0.340 e. The van der Waals surface area contributed by atoms with Crippen LogP contribution in [0.4, 0.5) is 5.95 Å². The van der Waals surface area contributed by atoms with Gasteiger partial charge in [0, 0.05) is 31.0 Å². The smallest absolute Gasteiger partial charge is 0.225 e. The van der Waals surface area contributed by atoms with Crippen LogP contribution >= 0.6 is 0 Å². The number of hydrogen-bond donors (Lipinski definition) is 1. The van der Waals surface area contributed by atoms with Crippen molar-refractivity contribution in [3.05, 3.63) is 42.2 Å². The summed E-state index contributed by atoms with van der Waals surface area (Å²) < 4.78 is 0. The average molecular weight is 305 g/mol. The van der Waals surface area contributed by atoms with Gasteiger partial charge < -0.3 is 10.2 Å². The topological polar surface area (TPSA) is 64.8 Å². The number of piperidine rings is 1. The SMILES string of the molecule is N#Cc1cccc(-c2cnc(N3C[C@H]4CNCC[C@H]4C3)nc2)c1. The van der Waals surface area contributed by atoms with Gasteiger partial charge in [0.2, 0.25) is 5.95 Å². The molecule has 5 nitrogen and oxygen atoms in total. The number of nitrogens with one attached hydrogen (secondary N) is 1. The first-order valence-corrected chi connectivity index (χ1v) is 8.12. The Bertz CT molecular complexity index is 720. The minimum atomic E-state index is 0.655. The van der Waals surface area contributed by atoms with Crippen molar-refractivity contribution in [3.63, 3.8) is 0 Å². The molecule has 1 aromatic carbocycles. The maximum atomic E-state index is 9.01. The van der Waals surface area contributed by atoms with Gasteiger partial charge in [-0.05, 0) is 49.0 Å². The van der Waals surface area contributed by atoms with Crippen molar-refractivity contribution in [3.8, 4) is 17.2 Å². The van der Waals surface area contributed by atoms with E-state index in [-0.39, 0.29) is 0 Å². The van der Waals surface area contributed by atoms with Crippen LogP contribution in [0.5, 0.6) is 0 Å². The van der Waals surface area contributed by atoms with Crippen LogP contribution in [0.2, 0.25) is 0 Å². The molecule has 0 unspecified atom stereocenters. The third-order valence-corrected chi connectivity index (χ3v) is 4.92. The quantitative estimate of drug-likeness (QED) is 0.920. The molecule has 0 saturated carbocycles. The second-order valence-corrected chi connectivity index (χ2v) is 6.38. The van der Waals surface area contributed by atoms with Gasteiger partial charge in [-0.3, -0.25) is 0 Å². The first-order valence-electron chi connectivity index (χ1n) is 8.12. The van der Waals surface area contributed by atoms with Gasteiger partial charge in [-0.15, -0.1) is 0 Å². The lowest BCUT2D eigenvalue weighted by Gasteiger charge is -2.23. The predicted molar refractivity (Wildman–Crippen MR) is 88.9 cm³/mol. The number of benzene rings is 1. The fourth-order valence-corrected chi connectivity index (χ4v) is 3.64. The fourth-order valence-electron chi connectivity index (χ4n) is 3.64. The van der Waals surface area contributed by atoms with Crippen molar-refractivity contribution in [1.29, 1.82) is 5.26 Å². The molecule has 0 aliphatic carbocycles. The molecule has 1 aromatic heterocycles. The Morgan fingerprint density at radius 1 is 1.13 bits per heavy atom. The Labute approximate surface area is 136 Å². The molecule has 2 fully saturated rings. The van der Waals surface area contributed by atoms with Gasteiger partial charge in [-0.2, -0.15) is 5.26 Å². The highest BCUT2D eigenvalue weighted by Gasteiger charge is 2.35. The zero-order valence-electron chi connectivity index (χ0n) is 12.9. The zero-order valence-corrected chi connectivity index (χ0v) is 12.9. The number of nitriles is 1. The highest BCUT2D eigenvalue weighted by molar-refractivity contribution is 5.64. The molecule has 0 bridgehead atoms. The monoisotopic (exact) mass is 305 g/mol. The van der Waals surface area contributed by atoms with Gasteiger partial charge in [0.05, 0.1) is 11.6 Å². The van der Waals surface area contributed by atoms with E-state index in [1.807, 2.05) is 30.6 Å². The summed E-state index contributed by atoms with van der Waals surface area (Å²) in [5, 5.41) is 12.5. The number of nitrogens with zero attached hydrogens (tertiary/aromatic N) is 4. The maximum absolute atomic E-state index is 9.01. The van der Waals surface area contributed by atoms with Crippen LogP contribution in [0.1, 0.15) is 12.0 Å². The van der Waals surface area contributed by atoms with Gasteiger partial charge in [-0.25, -0.2) is 9.97 Å². The molecule has 2 aromatic rings. The lowest BCUT2D eigenvalue weighted by atomic mass is 9.90. The fraction of sp³-hybridized carbons (Fsp3) is 0.389. The van der Waals surface area contributed by atoms with E-state index in [4.69, 9.17) is 5.26 Å². The Balaban J connectivity index is 1.53. The molecule has 4 rings (SSSR count). The highest BCUT2D eigenvalue weighted by Crippen LogP contribution is 2.30. The number of anilines is 1. The van der Waals surface area contributed by atoms with Crippen LogP contribution < -0.4 is 10.2 Å². The van der Waals surface area contributed by atoms with Crippen molar-refractivity contribution in [1.82, 2.24) is 15.3 Å². The molecule has 2 saturated heterocycles. The minimum Gasteiger partial charge on any atom is -0.340 e. The van der Waals surface area contributed by atoms with E-state index in [2.05, 4.69) is 26.3 Å². The number of hydrogen-bond acceptors (Lipinski definition) is 5. The summed E-state index contributed by atoms with van der Waals surface area (Å²) in [4.78, 5) is 11.4. The van der Waals surface area contributed by atoms with Gasteiger partial charge >= 0.3 is 0 Å². The summed E-state index contributed by atoms with van der Waals surface area (Å²) >= 11 is 0. The van der Waals surface area contributed by atoms with Gasteiger partial charge in [0.1, 0.15) is 0 Å². The van der Waals surface area contributed by atoms with Crippen molar-refractivity contribution in [2.75, 3.05) is 31.1 Å². The molecular weight excluding hydrogens is 286 g/mol. The molecule has 0 amide bonds. The third-order valence-electron chi connectivity index (χ3n) is 4.92. The van der Waals surface area contributed by atoms with E-state index in [1.54, 1.807) is 6.07 Å². The number of fused-ring (bicyclic) bond motifs is 1. The molecule has 2 atom stereocenters. The highest BCUT2D eigenvalue weighted by atomic mass is 15.3. The predicted octanol–water partition coefficient (Wildman–Crippen LogP) is 2.06. The molecular formula is C18H19N5. The molecule has 23 heavy (non-hydrogen) atoms. The minimum absolute atomic E-state index is 0.655. The van der Waals surface area contributed by atoms with E-state index in [0.29, 0.717) is 5.56 Å². The van der Waals surface area contributed by atoms with Gasteiger partial charge in [0.25, 0.3) is 0 Å². The van der Waals surface area contributed by atoms with Crippen molar-refractivity contribution >= 4 is 5.95 Å². The zero-order chi connectivity index (χ0) is 15.6. The summed E-state index contributed by atoms with van der Waals surface area (Å²) in [6.07, 6.45) is 4.97. The van der Waals surface area contributed by atoms with Crippen molar-refractivity contribution < 1.29 is 0 Å². The number of rotatable bonds is 2. The maximum Gasteiger partial charge on any atom is 0.225 e. The molecule has 2 aliphatic rings. The van der Waals surface area contributed by atoms with E-state index >= 15 is 0 Å². The summed E-state index contributed by atoms with van der Waals surface area (Å²) in [5.41, 5.74) is 2.58.